The van der Waals surface area contributed by atoms with Crippen molar-refractivity contribution in [1.29, 1.82) is 5.26 Å². The summed E-state index contributed by atoms with van der Waals surface area (Å²) >= 11 is 0. The minimum absolute atomic E-state index is 0.0349. The molecule has 1 rings (SSSR count). The fourth-order valence-electron chi connectivity index (χ4n) is 1.27. The van der Waals surface area contributed by atoms with Crippen LogP contribution in [0.3, 0.4) is 0 Å². The number of hydrogen-bond acceptors (Lipinski definition) is 4. The van der Waals surface area contributed by atoms with Crippen LogP contribution in [0.4, 0.5) is 5.69 Å². The second-order valence-electron chi connectivity index (χ2n) is 3.71. The number of methoxy groups -OCH3 is 1. The molecule has 0 aliphatic carbocycles. The van der Waals surface area contributed by atoms with Crippen molar-refractivity contribution in [3.05, 3.63) is 23.8 Å². The highest BCUT2D eigenvalue weighted by Gasteiger charge is 2.08. The van der Waals surface area contributed by atoms with Gasteiger partial charge in [-0.05, 0) is 19.1 Å². The summed E-state index contributed by atoms with van der Waals surface area (Å²) in [6.45, 7) is 2.46. The van der Waals surface area contributed by atoms with Gasteiger partial charge in [0.05, 0.1) is 18.4 Å². The summed E-state index contributed by atoms with van der Waals surface area (Å²) in [5.74, 6) is 0.691. The SMILES string of the molecule is COc1ccc(C#N)c(NCC(C)S(C)=O)c1. The van der Waals surface area contributed by atoms with Crippen molar-refractivity contribution in [2.45, 2.75) is 12.2 Å². The molecule has 2 atom stereocenters. The average Bonchev–Trinajstić information content (AvgIpc) is 2.35. The maximum absolute atomic E-state index is 11.2. The van der Waals surface area contributed by atoms with E-state index in [9.17, 15) is 4.21 Å². The van der Waals surface area contributed by atoms with Gasteiger partial charge in [0, 0.05) is 34.9 Å². The minimum Gasteiger partial charge on any atom is -0.497 e. The van der Waals surface area contributed by atoms with Crippen LogP contribution >= 0.6 is 0 Å². The Labute approximate surface area is 104 Å². The largest absolute Gasteiger partial charge is 0.497 e. The molecule has 2 unspecified atom stereocenters. The van der Waals surface area contributed by atoms with Crippen molar-refractivity contribution in [3.63, 3.8) is 0 Å². The molecule has 1 aromatic carbocycles. The fourth-order valence-corrected chi connectivity index (χ4v) is 1.58. The van der Waals surface area contributed by atoms with E-state index in [1.165, 1.54) is 0 Å². The van der Waals surface area contributed by atoms with Gasteiger partial charge in [-0.3, -0.25) is 4.21 Å². The number of nitrogens with one attached hydrogen (secondary N) is 1. The Kier molecular flexibility index (Phi) is 4.98. The summed E-state index contributed by atoms with van der Waals surface area (Å²) in [6, 6.07) is 7.32. The molecule has 0 spiro atoms. The van der Waals surface area contributed by atoms with Gasteiger partial charge in [0.2, 0.25) is 0 Å². The topological polar surface area (TPSA) is 62.1 Å². The number of nitriles is 1. The van der Waals surface area contributed by atoms with Gasteiger partial charge in [0.25, 0.3) is 0 Å². The molecule has 1 N–H and O–H groups in total. The van der Waals surface area contributed by atoms with Crippen molar-refractivity contribution in [1.82, 2.24) is 0 Å². The lowest BCUT2D eigenvalue weighted by Gasteiger charge is -2.13. The maximum atomic E-state index is 11.2. The number of nitrogens with zero attached hydrogens (tertiary/aromatic N) is 1. The molecule has 0 aromatic heterocycles. The average molecular weight is 252 g/mol. The highest BCUT2D eigenvalue weighted by Crippen LogP contribution is 2.21. The van der Waals surface area contributed by atoms with Crippen LogP contribution in [0.2, 0.25) is 0 Å². The zero-order valence-corrected chi connectivity index (χ0v) is 11.0. The lowest BCUT2D eigenvalue weighted by molar-refractivity contribution is 0.415. The molecule has 0 bridgehead atoms. The Morgan fingerprint density at radius 1 is 1.59 bits per heavy atom. The second-order valence-corrected chi connectivity index (χ2v) is 5.52. The second kappa shape index (κ2) is 6.26. The highest BCUT2D eigenvalue weighted by atomic mass is 32.2. The third-order valence-electron chi connectivity index (χ3n) is 2.49. The first kappa shape index (κ1) is 13.5. The smallest absolute Gasteiger partial charge is 0.121 e. The van der Waals surface area contributed by atoms with E-state index >= 15 is 0 Å². The van der Waals surface area contributed by atoms with Gasteiger partial charge < -0.3 is 10.1 Å². The number of benzene rings is 1. The summed E-state index contributed by atoms with van der Waals surface area (Å²) in [5, 5.41) is 12.1. The molecule has 17 heavy (non-hydrogen) atoms. The van der Waals surface area contributed by atoms with Gasteiger partial charge in [0.15, 0.2) is 0 Å². The van der Waals surface area contributed by atoms with Crippen molar-refractivity contribution in [3.8, 4) is 11.8 Å². The van der Waals surface area contributed by atoms with Crippen molar-refractivity contribution >= 4 is 16.5 Å². The minimum atomic E-state index is -0.876. The van der Waals surface area contributed by atoms with Crippen LogP contribution < -0.4 is 10.1 Å². The number of ether oxygens (including phenoxy) is 1. The molecule has 0 amide bonds. The summed E-state index contributed by atoms with van der Waals surface area (Å²) < 4.78 is 16.3. The predicted octanol–water partition coefficient (Wildman–Crippen LogP) is 1.75. The summed E-state index contributed by atoms with van der Waals surface area (Å²) in [6.07, 6.45) is 1.67. The van der Waals surface area contributed by atoms with Gasteiger partial charge in [-0.25, -0.2) is 0 Å². The third kappa shape index (κ3) is 3.75. The highest BCUT2D eigenvalue weighted by molar-refractivity contribution is 7.84. The Morgan fingerprint density at radius 2 is 2.29 bits per heavy atom. The van der Waals surface area contributed by atoms with Gasteiger partial charge >= 0.3 is 0 Å². The molecule has 0 fully saturated rings. The van der Waals surface area contributed by atoms with Crippen LogP contribution in [0.5, 0.6) is 5.75 Å². The van der Waals surface area contributed by atoms with Crippen LogP contribution in [0, 0.1) is 11.3 Å². The first-order valence-electron chi connectivity index (χ1n) is 5.22. The zero-order valence-electron chi connectivity index (χ0n) is 10.2. The van der Waals surface area contributed by atoms with Crippen LogP contribution in [-0.4, -0.2) is 29.4 Å². The summed E-state index contributed by atoms with van der Waals surface area (Å²) in [5.41, 5.74) is 1.27. The van der Waals surface area contributed by atoms with Gasteiger partial charge in [-0.15, -0.1) is 0 Å². The number of anilines is 1. The molecule has 0 saturated carbocycles. The summed E-state index contributed by atoms with van der Waals surface area (Å²) in [4.78, 5) is 0. The first-order chi connectivity index (χ1) is 8.08. The normalized spacial score (nSPS) is 13.5. The van der Waals surface area contributed by atoms with Gasteiger partial charge in [-0.2, -0.15) is 5.26 Å². The molecule has 5 heteroatoms. The number of hydrogen-bond donors (Lipinski definition) is 1. The van der Waals surface area contributed by atoms with Crippen LogP contribution in [0.25, 0.3) is 0 Å². The first-order valence-corrected chi connectivity index (χ1v) is 6.85. The molecule has 0 aliphatic heterocycles. The Bertz CT molecular complexity index is 454. The van der Waals surface area contributed by atoms with E-state index in [4.69, 9.17) is 10.00 Å². The molecule has 92 valence electrons. The Hall–Kier alpha value is -1.54. The van der Waals surface area contributed by atoms with E-state index in [1.54, 1.807) is 31.6 Å². The van der Waals surface area contributed by atoms with Gasteiger partial charge in [-0.1, -0.05) is 0 Å². The molecule has 0 heterocycles. The predicted molar refractivity (Wildman–Crippen MR) is 69.7 cm³/mol. The van der Waals surface area contributed by atoms with Crippen LogP contribution in [0.1, 0.15) is 12.5 Å². The van der Waals surface area contributed by atoms with Crippen LogP contribution in [-0.2, 0) is 10.8 Å². The lowest BCUT2D eigenvalue weighted by atomic mass is 10.2. The Balaban J connectivity index is 2.82. The lowest BCUT2D eigenvalue weighted by Crippen LogP contribution is -2.21. The molecule has 0 aliphatic rings. The quantitative estimate of drug-likeness (QED) is 0.867. The zero-order chi connectivity index (χ0) is 12.8. The molecular formula is C12H16N2O2S. The van der Waals surface area contributed by atoms with E-state index in [0.717, 1.165) is 0 Å². The molecule has 0 saturated heterocycles. The van der Waals surface area contributed by atoms with E-state index in [2.05, 4.69) is 11.4 Å². The molecular weight excluding hydrogens is 236 g/mol. The summed E-state index contributed by atoms with van der Waals surface area (Å²) in [7, 11) is 0.702. The Morgan fingerprint density at radius 3 is 2.82 bits per heavy atom. The maximum Gasteiger partial charge on any atom is 0.121 e. The van der Waals surface area contributed by atoms with Crippen molar-refractivity contribution in [2.75, 3.05) is 25.2 Å². The number of rotatable bonds is 5. The van der Waals surface area contributed by atoms with Gasteiger partial charge in [0.1, 0.15) is 11.8 Å². The van der Waals surface area contributed by atoms with E-state index < -0.39 is 10.8 Å². The van der Waals surface area contributed by atoms with Crippen LogP contribution in [0.15, 0.2) is 18.2 Å². The molecule has 1 aromatic rings. The standard InChI is InChI=1S/C12H16N2O2S/c1-9(17(3)15)8-14-12-6-11(16-2)5-4-10(12)7-13/h4-6,9,14H,8H2,1-3H3. The third-order valence-corrected chi connectivity index (χ3v) is 3.79. The van der Waals surface area contributed by atoms with E-state index in [1.807, 2.05) is 6.92 Å². The monoisotopic (exact) mass is 252 g/mol. The van der Waals surface area contributed by atoms with E-state index in [-0.39, 0.29) is 5.25 Å². The molecule has 0 radical (unpaired) electrons. The van der Waals surface area contributed by atoms with E-state index in [0.29, 0.717) is 23.5 Å². The van der Waals surface area contributed by atoms with Crippen molar-refractivity contribution < 1.29 is 8.95 Å². The van der Waals surface area contributed by atoms with Crippen molar-refractivity contribution in [2.24, 2.45) is 0 Å². The molecule has 4 nitrogen and oxygen atoms in total. The fraction of sp³-hybridized carbons (Fsp3) is 0.417.